The molecule has 4 heteroatoms. The van der Waals surface area contributed by atoms with Gasteiger partial charge in [0.05, 0.1) is 17.1 Å². The van der Waals surface area contributed by atoms with Crippen molar-refractivity contribution in [1.82, 2.24) is 4.57 Å². The summed E-state index contributed by atoms with van der Waals surface area (Å²) in [5.74, 6) is 1.07. The maximum absolute atomic E-state index is 6.48. The third kappa shape index (κ3) is 5.17. The highest BCUT2D eigenvalue weighted by atomic mass is 16.3. The first-order valence-corrected chi connectivity index (χ1v) is 22.1. The summed E-state index contributed by atoms with van der Waals surface area (Å²) in [6, 6.07) is 74.9. The first-order valence-electron chi connectivity index (χ1n) is 22.1. The second-order valence-corrected chi connectivity index (χ2v) is 17.2. The van der Waals surface area contributed by atoms with Crippen molar-refractivity contribution in [2.24, 2.45) is 0 Å². The molecule has 0 N–H and O–H groups in total. The second-order valence-electron chi connectivity index (χ2n) is 17.2. The number of hydrogen-bond acceptors (Lipinski definition) is 3. The third-order valence-electron chi connectivity index (χ3n) is 13.7. The van der Waals surface area contributed by atoms with Crippen LogP contribution >= 0.6 is 0 Å². The molecule has 1 aliphatic carbocycles. The fraction of sp³-hybridized carbons (Fsp3) is 0.0333. The van der Waals surface area contributed by atoms with Gasteiger partial charge in [-0.05, 0) is 118 Å². The van der Waals surface area contributed by atoms with Gasteiger partial charge < -0.3 is 18.3 Å². The largest absolute Gasteiger partial charge is 0.456 e. The van der Waals surface area contributed by atoms with E-state index in [1.165, 1.54) is 49.7 Å². The summed E-state index contributed by atoms with van der Waals surface area (Å²) in [5, 5.41) is 5.87. The van der Waals surface area contributed by atoms with Crippen LogP contribution < -0.4 is 4.90 Å². The Hall–Kier alpha value is -8.34. The van der Waals surface area contributed by atoms with E-state index in [4.69, 9.17) is 8.83 Å². The normalized spacial score (nSPS) is 15.4. The molecule has 2 unspecified atom stereocenters. The zero-order chi connectivity index (χ0) is 41.9. The van der Waals surface area contributed by atoms with Crippen LogP contribution in [0.5, 0.6) is 0 Å². The monoisotopic (exact) mass is 818 g/mol. The molecule has 64 heavy (non-hydrogen) atoms. The van der Waals surface area contributed by atoms with Gasteiger partial charge in [0.15, 0.2) is 0 Å². The number of benzene rings is 9. The first kappa shape index (κ1) is 35.3. The van der Waals surface area contributed by atoms with E-state index in [0.717, 1.165) is 72.4 Å². The highest BCUT2D eigenvalue weighted by molar-refractivity contribution is 6.27. The molecule has 12 aromatic rings. The molecule has 300 valence electrons. The average molecular weight is 819 g/mol. The standard InChI is InChI=1S/C60H38N2O2/c1-3-15-37(16-4-1)39-31-41(35-43(33-39)61-49-23-11-7-19-45(49)57-51(61)27-29-55-59(57)47-21-9-13-25-53(47)63-55)42-32-40(38-17-5-2-6-18-38)34-44(36-42)62-50-24-12-8-20-46(50)58-52(62)28-30-56-60(58)48-22-10-14-26-54(48)64-56/h1-36,51,57H. The van der Waals surface area contributed by atoms with Gasteiger partial charge in [-0.1, -0.05) is 140 Å². The summed E-state index contributed by atoms with van der Waals surface area (Å²) < 4.78 is 15.4. The van der Waals surface area contributed by atoms with Crippen molar-refractivity contribution >= 4 is 72.2 Å². The Bertz CT molecular complexity index is 3870. The Morgan fingerprint density at radius 3 is 1.70 bits per heavy atom. The lowest BCUT2D eigenvalue weighted by molar-refractivity contribution is 0.584. The Morgan fingerprint density at radius 1 is 0.391 bits per heavy atom. The Morgan fingerprint density at radius 2 is 0.969 bits per heavy atom. The zero-order valence-electron chi connectivity index (χ0n) is 34.7. The van der Waals surface area contributed by atoms with Crippen LogP contribution in [-0.4, -0.2) is 10.6 Å². The molecule has 4 heterocycles. The van der Waals surface area contributed by atoms with Crippen LogP contribution in [0.1, 0.15) is 22.8 Å². The minimum absolute atomic E-state index is 0.0597. The summed E-state index contributed by atoms with van der Waals surface area (Å²) in [7, 11) is 0. The SMILES string of the molecule is C1=CC2C(c3ccccc3N2c2cc(-c3ccccc3)cc(-c3cc(-c4ccccc4)cc(-n4c5ccccc5c5c6c(ccc54)oc4ccccc46)c3)c2)c2c1oc1ccccc21. The van der Waals surface area contributed by atoms with Gasteiger partial charge in [-0.25, -0.2) is 0 Å². The van der Waals surface area contributed by atoms with Crippen LogP contribution in [0.2, 0.25) is 0 Å². The van der Waals surface area contributed by atoms with Crippen molar-refractivity contribution in [2.45, 2.75) is 12.0 Å². The molecule has 14 rings (SSSR count). The van der Waals surface area contributed by atoms with Gasteiger partial charge in [-0.3, -0.25) is 0 Å². The second kappa shape index (κ2) is 13.6. The molecule has 3 aromatic heterocycles. The van der Waals surface area contributed by atoms with E-state index in [9.17, 15) is 0 Å². The molecule has 0 fully saturated rings. The summed E-state index contributed by atoms with van der Waals surface area (Å²) in [4.78, 5) is 2.56. The molecule has 2 atom stereocenters. The Kier molecular flexibility index (Phi) is 7.48. The number of fused-ring (bicyclic) bond motifs is 14. The predicted molar refractivity (Wildman–Crippen MR) is 264 cm³/mol. The fourth-order valence-electron chi connectivity index (χ4n) is 11.0. The minimum Gasteiger partial charge on any atom is -0.456 e. The first-order chi connectivity index (χ1) is 31.7. The van der Waals surface area contributed by atoms with E-state index >= 15 is 0 Å². The van der Waals surface area contributed by atoms with Crippen molar-refractivity contribution in [1.29, 1.82) is 0 Å². The summed E-state index contributed by atoms with van der Waals surface area (Å²) >= 11 is 0. The van der Waals surface area contributed by atoms with E-state index < -0.39 is 0 Å². The molecule has 9 aromatic carbocycles. The van der Waals surface area contributed by atoms with E-state index in [1.807, 2.05) is 6.07 Å². The third-order valence-corrected chi connectivity index (χ3v) is 13.7. The number of rotatable bonds is 5. The van der Waals surface area contributed by atoms with Gasteiger partial charge >= 0.3 is 0 Å². The van der Waals surface area contributed by atoms with E-state index in [-0.39, 0.29) is 12.0 Å². The van der Waals surface area contributed by atoms with Crippen molar-refractivity contribution in [2.75, 3.05) is 4.90 Å². The molecule has 0 saturated heterocycles. The quantitative estimate of drug-likeness (QED) is 0.173. The van der Waals surface area contributed by atoms with Crippen molar-refractivity contribution in [3.8, 4) is 39.1 Å². The van der Waals surface area contributed by atoms with Gasteiger partial charge in [0.1, 0.15) is 22.5 Å². The molecule has 4 nitrogen and oxygen atoms in total. The average Bonchev–Trinajstić information content (AvgIpc) is 4.12. The minimum atomic E-state index is 0.0597. The molecule has 2 aliphatic rings. The van der Waals surface area contributed by atoms with Crippen LogP contribution in [0.15, 0.2) is 221 Å². The molecular formula is C60H38N2O2. The summed E-state index contributed by atoms with van der Waals surface area (Å²) in [6.07, 6.45) is 4.54. The molecule has 0 bridgehead atoms. The van der Waals surface area contributed by atoms with Crippen LogP contribution in [0, 0.1) is 0 Å². The van der Waals surface area contributed by atoms with Crippen molar-refractivity contribution in [3.63, 3.8) is 0 Å². The maximum Gasteiger partial charge on any atom is 0.136 e. The maximum atomic E-state index is 6.48. The summed E-state index contributed by atoms with van der Waals surface area (Å²) in [5.41, 5.74) is 18.0. The van der Waals surface area contributed by atoms with Gasteiger partial charge in [0.25, 0.3) is 0 Å². The topological polar surface area (TPSA) is 34.5 Å². The number of aromatic nitrogens is 1. The zero-order valence-corrected chi connectivity index (χ0v) is 34.7. The van der Waals surface area contributed by atoms with Gasteiger partial charge in [0, 0.05) is 55.5 Å². The van der Waals surface area contributed by atoms with Gasteiger partial charge in [-0.15, -0.1) is 0 Å². The molecule has 0 saturated carbocycles. The highest BCUT2D eigenvalue weighted by Gasteiger charge is 2.43. The molecular weight excluding hydrogens is 781 g/mol. The van der Waals surface area contributed by atoms with E-state index in [1.54, 1.807) is 0 Å². The smallest absolute Gasteiger partial charge is 0.136 e. The van der Waals surface area contributed by atoms with Crippen LogP contribution in [0.3, 0.4) is 0 Å². The predicted octanol–water partition coefficient (Wildman–Crippen LogP) is 16.1. The van der Waals surface area contributed by atoms with E-state index in [2.05, 4.69) is 222 Å². The summed E-state index contributed by atoms with van der Waals surface area (Å²) in [6.45, 7) is 0. The lowest BCUT2D eigenvalue weighted by Gasteiger charge is -2.31. The van der Waals surface area contributed by atoms with Gasteiger partial charge in [-0.2, -0.15) is 0 Å². The number of para-hydroxylation sites is 4. The highest BCUT2D eigenvalue weighted by Crippen LogP contribution is 2.54. The molecule has 0 radical (unpaired) electrons. The number of furan rings is 2. The Balaban J connectivity index is 1.02. The molecule has 0 spiro atoms. The number of anilines is 2. The fourth-order valence-corrected chi connectivity index (χ4v) is 11.0. The van der Waals surface area contributed by atoms with Crippen molar-refractivity contribution < 1.29 is 8.83 Å². The van der Waals surface area contributed by atoms with Crippen molar-refractivity contribution in [3.05, 3.63) is 229 Å². The van der Waals surface area contributed by atoms with Crippen LogP contribution in [0.4, 0.5) is 11.4 Å². The lowest BCUT2D eigenvalue weighted by Crippen LogP contribution is -2.30. The number of hydrogen-bond donors (Lipinski definition) is 0. The van der Waals surface area contributed by atoms with Gasteiger partial charge in [0.2, 0.25) is 0 Å². The molecule has 1 aliphatic heterocycles. The Labute approximate surface area is 369 Å². The van der Waals surface area contributed by atoms with Crippen LogP contribution in [0.25, 0.3) is 99.9 Å². The lowest BCUT2D eigenvalue weighted by atomic mass is 9.82. The van der Waals surface area contributed by atoms with E-state index in [0.29, 0.717) is 0 Å². The number of nitrogens with zero attached hydrogens (tertiary/aromatic N) is 2. The molecule has 0 amide bonds. The van der Waals surface area contributed by atoms with Crippen LogP contribution in [-0.2, 0) is 0 Å².